The Kier molecular flexibility index (Phi) is 3.46. The zero-order chi connectivity index (χ0) is 11.4. The van der Waals surface area contributed by atoms with Crippen LogP contribution in [0.4, 0.5) is 0 Å². The van der Waals surface area contributed by atoms with Gasteiger partial charge < -0.3 is 11.5 Å². The number of benzene rings is 1. The Morgan fingerprint density at radius 3 is 2.13 bits per heavy atom. The first-order valence-corrected chi connectivity index (χ1v) is 4.46. The quantitative estimate of drug-likeness (QED) is 0.450. The summed E-state index contributed by atoms with van der Waals surface area (Å²) < 4.78 is 0. The zero-order valence-electron chi connectivity index (χ0n) is 7.74. The maximum absolute atomic E-state index is 10.9. The van der Waals surface area contributed by atoms with Crippen molar-refractivity contribution < 1.29 is 9.59 Å². The van der Waals surface area contributed by atoms with Crippen molar-refractivity contribution in [3.05, 3.63) is 40.4 Å². The van der Waals surface area contributed by atoms with E-state index in [1.807, 2.05) is 0 Å². The molecule has 0 aliphatic heterocycles. The molecule has 0 saturated heterocycles. The lowest BCUT2D eigenvalue weighted by Gasteiger charge is -2.00. The van der Waals surface area contributed by atoms with E-state index in [0.29, 0.717) is 10.6 Å². The highest BCUT2D eigenvalue weighted by Gasteiger charge is 2.11. The van der Waals surface area contributed by atoms with Crippen LogP contribution in [0.25, 0.3) is 6.08 Å². The van der Waals surface area contributed by atoms with E-state index in [2.05, 4.69) is 0 Å². The molecule has 1 aromatic carbocycles. The van der Waals surface area contributed by atoms with Gasteiger partial charge in [0.2, 0.25) is 0 Å². The molecule has 0 aromatic heterocycles. The lowest BCUT2D eigenvalue weighted by atomic mass is 10.1. The first kappa shape index (κ1) is 11.3. The van der Waals surface area contributed by atoms with E-state index < -0.39 is 11.8 Å². The van der Waals surface area contributed by atoms with Gasteiger partial charge in [-0.15, -0.1) is 0 Å². The van der Waals surface area contributed by atoms with Gasteiger partial charge in [-0.3, -0.25) is 9.59 Å². The van der Waals surface area contributed by atoms with E-state index in [1.54, 1.807) is 24.3 Å². The third kappa shape index (κ3) is 2.82. The Morgan fingerprint density at radius 1 is 1.13 bits per heavy atom. The molecule has 5 heteroatoms. The van der Waals surface area contributed by atoms with Gasteiger partial charge >= 0.3 is 0 Å². The number of carbonyl (C=O) groups excluding carboxylic acids is 2. The third-order valence-electron chi connectivity index (χ3n) is 1.74. The van der Waals surface area contributed by atoms with Gasteiger partial charge in [-0.2, -0.15) is 0 Å². The predicted molar refractivity (Wildman–Crippen MR) is 57.8 cm³/mol. The molecule has 0 unspecified atom stereocenters. The Morgan fingerprint density at radius 2 is 1.67 bits per heavy atom. The third-order valence-corrected chi connectivity index (χ3v) is 2.08. The molecule has 1 rings (SSSR count). The molecule has 0 fully saturated rings. The fourth-order valence-electron chi connectivity index (χ4n) is 1.01. The van der Waals surface area contributed by atoms with E-state index in [1.165, 1.54) is 6.08 Å². The summed E-state index contributed by atoms with van der Waals surface area (Å²) in [6.07, 6.45) is 1.27. The maximum Gasteiger partial charge on any atom is 0.254 e. The van der Waals surface area contributed by atoms with Crippen LogP contribution in [0.3, 0.4) is 0 Å². The first-order valence-electron chi connectivity index (χ1n) is 4.08. The summed E-state index contributed by atoms with van der Waals surface area (Å²) in [4.78, 5) is 21.7. The predicted octanol–water partition coefficient (Wildman–Crippen LogP) is 0.694. The van der Waals surface area contributed by atoms with E-state index in [4.69, 9.17) is 23.1 Å². The molecule has 0 atom stereocenters. The number of hydrogen-bond donors (Lipinski definition) is 2. The number of amides is 2. The number of primary amides is 2. The highest BCUT2D eigenvalue weighted by molar-refractivity contribution is 6.32. The number of carbonyl (C=O) groups is 2. The minimum Gasteiger partial charge on any atom is -0.365 e. The largest absolute Gasteiger partial charge is 0.365 e. The van der Waals surface area contributed by atoms with Crippen LogP contribution in [0, 0.1) is 0 Å². The zero-order valence-corrected chi connectivity index (χ0v) is 8.49. The van der Waals surface area contributed by atoms with Gasteiger partial charge in [0.05, 0.1) is 0 Å². The smallest absolute Gasteiger partial charge is 0.254 e. The SMILES string of the molecule is NC(=O)C(=Cc1ccccc1Cl)C(N)=O. The molecule has 0 saturated carbocycles. The molecule has 1 aromatic rings. The van der Waals surface area contributed by atoms with Crippen molar-refractivity contribution in [2.45, 2.75) is 0 Å². The molecule has 0 aliphatic rings. The van der Waals surface area contributed by atoms with Crippen LogP contribution in [-0.2, 0) is 9.59 Å². The van der Waals surface area contributed by atoms with Crippen molar-refractivity contribution in [2.75, 3.05) is 0 Å². The second-order valence-electron chi connectivity index (χ2n) is 2.81. The summed E-state index contributed by atoms with van der Waals surface area (Å²) >= 11 is 5.83. The molecular weight excluding hydrogens is 216 g/mol. The van der Waals surface area contributed by atoms with Crippen LogP contribution in [0.2, 0.25) is 5.02 Å². The van der Waals surface area contributed by atoms with Crippen LogP contribution >= 0.6 is 11.6 Å². The average Bonchev–Trinajstić information content (AvgIpc) is 2.15. The fourth-order valence-corrected chi connectivity index (χ4v) is 1.20. The van der Waals surface area contributed by atoms with E-state index in [0.717, 1.165) is 0 Å². The topological polar surface area (TPSA) is 86.2 Å². The van der Waals surface area contributed by atoms with Crippen LogP contribution in [0.1, 0.15) is 5.56 Å². The van der Waals surface area contributed by atoms with E-state index in [9.17, 15) is 9.59 Å². The molecule has 4 N–H and O–H groups in total. The van der Waals surface area contributed by atoms with Crippen molar-refractivity contribution in [1.29, 1.82) is 0 Å². The van der Waals surface area contributed by atoms with Gasteiger partial charge in [-0.25, -0.2) is 0 Å². The molecule has 78 valence electrons. The van der Waals surface area contributed by atoms with Gasteiger partial charge in [0, 0.05) is 5.02 Å². The van der Waals surface area contributed by atoms with Gasteiger partial charge in [-0.05, 0) is 17.7 Å². The summed E-state index contributed by atoms with van der Waals surface area (Å²) in [6.45, 7) is 0. The van der Waals surface area contributed by atoms with Crippen LogP contribution < -0.4 is 11.5 Å². The number of hydrogen-bond acceptors (Lipinski definition) is 2. The highest BCUT2D eigenvalue weighted by Crippen LogP contribution is 2.17. The summed E-state index contributed by atoms with van der Waals surface area (Å²) in [6, 6.07) is 6.73. The molecular formula is C10H9ClN2O2. The lowest BCUT2D eigenvalue weighted by Crippen LogP contribution is -2.25. The minimum atomic E-state index is -0.873. The number of rotatable bonds is 3. The van der Waals surface area contributed by atoms with Crippen LogP contribution in [-0.4, -0.2) is 11.8 Å². The monoisotopic (exact) mass is 224 g/mol. The second kappa shape index (κ2) is 4.61. The van der Waals surface area contributed by atoms with Crippen LogP contribution in [0.15, 0.2) is 29.8 Å². The molecule has 0 heterocycles. The normalized spacial score (nSPS) is 9.40. The van der Waals surface area contributed by atoms with E-state index in [-0.39, 0.29) is 5.57 Å². The van der Waals surface area contributed by atoms with E-state index >= 15 is 0 Å². The summed E-state index contributed by atoms with van der Waals surface area (Å²) in [5.74, 6) is -1.75. The second-order valence-corrected chi connectivity index (χ2v) is 3.22. The van der Waals surface area contributed by atoms with Crippen LogP contribution in [0.5, 0.6) is 0 Å². The van der Waals surface area contributed by atoms with Gasteiger partial charge in [0.15, 0.2) is 0 Å². The van der Waals surface area contributed by atoms with Crippen molar-refractivity contribution in [1.82, 2.24) is 0 Å². The fraction of sp³-hybridized carbons (Fsp3) is 0. The molecule has 15 heavy (non-hydrogen) atoms. The van der Waals surface area contributed by atoms with Crippen molar-refractivity contribution in [2.24, 2.45) is 11.5 Å². The van der Waals surface area contributed by atoms with Gasteiger partial charge in [0.1, 0.15) is 5.57 Å². The Balaban J connectivity index is 3.19. The molecule has 0 bridgehead atoms. The molecule has 0 spiro atoms. The first-order chi connectivity index (χ1) is 7.02. The summed E-state index contributed by atoms with van der Waals surface area (Å²) in [5, 5.41) is 0.414. The maximum atomic E-state index is 10.9. The van der Waals surface area contributed by atoms with Crippen molar-refractivity contribution in [3.63, 3.8) is 0 Å². The lowest BCUT2D eigenvalue weighted by molar-refractivity contribution is -0.120. The number of nitrogens with two attached hydrogens (primary N) is 2. The summed E-state index contributed by atoms with van der Waals surface area (Å²) in [5.41, 5.74) is 10.2. The van der Waals surface area contributed by atoms with Crippen molar-refractivity contribution in [3.8, 4) is 0 Å². The Hall–Kier alpha value is -1.81. The molecule has 0 radical (unpaired) electrons. The Bertz CT molecular complexity index is 425. The minimum absolute atomic E-state index is 0.275. The Labute approximate surface area is 91.5 Å². The molecule has 0 aliphatic carbocycles. The summed E-state index contributed by atoms with van der Waals surface area (Å²) in [7, 11) is 0. The highest BCUT2D eigenvalue weighted by atomic mass is 35.5. The van der Waals surface area contributed by atoms with Crippen molar-refractivity contribution >= 4 is 29.5 Å². The van der Waals surface area contributed by atoms with Gasteiger partial charge in [0.25, 0.3) is 11.8 Å². The molecule has 2 amide bonds. The standard InChI is InChI=1S/C10H9ClN2O2/c11-8-4-2-1-3-6(8)5-7(9(12)14)10(13)15/h1-5H,(H2,12,14)(H2,13,15). The van der Waals surface area contributed by atoms with Gasteiger partial charge in [-0.1, -0.05) is 29.8 Å². The average molecular weight is 225 g/mol. The number of halogens is 1. The molecule has 4 nitrogen and oxygen atoms in total.